The number of aryl methyl sites for hydroxylation is 2. The van der Waals surface area contributed by atoms with Gasteiger partial charge in [-0.05, 0) is 74.4 Å². The number of rotatable bonds is 3. The summed E-state index contributed by atoms with van der Waals surface area (Å²) in [5.74, 6) is 1.59. The van der Waals surface area contributed by atoms with Gasteiger partial charge < -0.3 is 10.2 Å². The highest BCUT2D eigenvalue weighted by Gasteiger charge is 2.28. The smallest absolute Gasteiger partial charge is 0.229 e. The molecule has 3 heterocycles. The van der Waals surface area contributed by atoms with Crippen molar-refractivity contribution in [1.29, 1.82) is 0 Å². The van der Waals surface area contributed by atoms with Crippen molar-refractivity contribution in [1.82, 2.24) is 9.88 Å². The third-order valence-electron chi connectivity index (χ3n) is 5.96. The lowest BCUT2D eigenvalue weighted by molar-refractivity contribution is -0.120. The van der Waals surface area contributed by atoms with E-state index in [1.165, 1.54) is 24.0 Å². The summed E-state index contributed by atoms with van der Waals surface area (Å²) in [4.78, 5) is 19.4. The van der Waals surface area contributed by atoms with Crippen LogP contribution in [0.5, 0.6) is 0 Å². The molecule has 0 aliphatic carbocycles. The molecule has 2 aromatic rings. The second-order valence-electron chi connectivity index (χ2n) is 7.67. The lowest BCUT2D eigenvalue weighted by Crippen LogP contribution is -2.40. The number of anilines is 1. The summed E-state index contributed by atoms with van der Waals surface area (Å²) in [6.07, 6.45) is 5.94. The van der Waals surface area contributed by atoms with Crippen molar-refractivity contribution in [2.75, 3.05) is 25.0 Å². The summed E-state index contributed by atoms with van der Waals surface area (Å²) < 4.78 is 0. The SMILES string of the molecule is Cc1ccccc1C1CCN(C[C@@H]2CCc3cccnc3NC2=O)CC1. The number of hydrogen-bond donors (Lipinski definition) is 1. The quantitative estimate of drug-likeness (QED) is 0.917. The zero-order valence-corrected chi connectivity index (χ0v) is 15.4. The van der Waals surface area contributed by atoms with Gasteiger partial charge in [-0.2, -0.15) is 0 Å². The number of carbonyl (C=O) groups is 1. The molecule has 26 heavy (non-hydrogen) atoms. The fourth-order valence-electron chi connectivity index (χ4n) is 4.39. The van der Waals surface area contributed by atoms with Gasteiger partial charge in [0.15, 0.2) is 0 Å². The molecule has 4 heteroatoms. The molecule has 0 spiro atoms. The number of nitrogens with zero attached hydrogens (tertiary/aromatic N) is 2. The Hall–Kier alpha value is -2.20. The van der Waals surface area contributed by atoms with E-state index in [0.717, 1.165) is 43.9 Å². The second kappa shape index (κ2) is 7.58. The van der Waals surface area contributed by atoms with Crippen molar-refractivity contribution in [3.8, 4) is 0 Å². The molecule has 2 aliphatic rings. The topological polar surface area (TPSA) is 45.2 Å². The minimum absolute atomic E-state index is 0.0548. The van der Waals surface area contributed by atoms with Gasteiger partial charge in [0.05, 0.1) is 5.92 Å². The molecule has 4 nitrogen and oxygen atoms in total. The number of fused-ring (bicyclic) bond motifs is 1. The number of benzene rings is 1. The molecular weight excluding hydrogens is 322 g/mol. The van der Waals surface area contributed by atoms with E-state index in [9.17, 15) is 4.79 Å². The van der Waals surface area contributed by atoms with Gasteiger partial charge >= 0.3 is 0 Å². The van der Waals surface area contributed by atoms with Crippen LogP contribution >= 0.6 is 0 Å². The van der Waals surface area contributed by atoms with E-state index < -0.39 is 0 Å². The molecule has 1 amide bonds. The molecule has 0 radical (unpaired) electrons. The number of piperidine rings is 1. The number of pyridine rings is 1. The van der Waals surface area contributed by atoms with Gasteiger partial charge in [-0.15, -0.1) is 0 Å². The summed E-state index contributed by atoms with van der Waals surface area (Å²) in [6, 6.07) is 12.8. The van der Waals surface area contributed by atoms with Crippen molar-refractivity contribution in [3.63, 3.8) is 0 Å². The highest BCUT2D eigenvalue weighted by atomic mass is 16.2. The van der Waals surface area contributed by atoms with Crippen LogP contribution in [0, 0.1) is 12.8 Å². The van der Waals surface area contributed by atoms with Crippen LogP contribution in [0.2, 0.25) is 0 Å². The molecule has 1 N–H and O–H groups in total. The van der Waals surface area contributed by atoms with E-state index >= 15 is 0 Å². The fourth-order valence-corrected chi connectivity index (χ4v) is 4.39. The molecule has 0 unspecified atom stereocenters. The lowest BCUT2D eigenvalue weighted by atomic mass is 9.86. The molecule has 1 fully saturated rings. The third-order valence-corrected chi connectivity index (χ3v) is 5.96. The number of amides is 1. The first-order valence-corrected chi connectivity index (χ1v) is 9.73. The molecule has 1 atom stereocenters. The Morgan fingerprint density at radius 1 is 1.12 bits per heavy atom. The van der Waals surface area contributed by atoms with Crippen LogP contribution in [0.3, 0.4) is 0 Å². The van der Waals surface area contributed by atoms with E-state index in [2.05, 4.69) is 52.5 Å². The number of likely N-dealkylation sites (tertiary alicyclic amines) is 1. The maximum absolute atomic E-state index is 12.6. The summed E-state index contributed by atoms with van der Waals surface area (Å²) in [7, 11) is 0. The fraction of sp³-hybridized carbons (Fsp3) is 0.455. The number of hydrogen-bond acceptors (Lipinski definition) is 3. The van der Waals surface area contributed by atoms with E-state index in [1.54, 1.807) is 6.20 Å². The maximum Gasteiger partial charge on any atom is 0.229 e. The van der Waals surface area contributed by atoms with Gasteiger partial charge in [0, 0.05) is 12.7 Å². The minimum atomic E-state index is 0.0548. The van der Waals surface area contributed by atoms with Gasteiger partial charge in [-0.1, -0.05) is 30.3 Å². The van der Waals surface area contributed by atoms with Crippen LogP contribution in [0.15, 0.2) is 42.6 Å². The first-order chi connectivity index (χ1) is 12.7. The number of nitrogens with one attached hydrogen (secondary N) is 1. The molecule has 1 saturated heterocycles. The van der Waals surface area contributed by atoms with Crippen LogP contribution in [-0.2, 0) is 11.2 Å². The zero-order chi connectivity index (χ0) is 17.9. The molecule has 0 saturated carbocycles. The maximum atomic E-state index is 12.6. The average Bonchev–Trinajstić information content (AvgIpc) is 2.82. The predicted molar refractivity (Wildman–Crippen MR) is 104 cm³/mol. The Bertz CT molecular complexity index is 780. The Kier molecular flexibility index (Phi) is 5.02. The van der Waals surface area contributed by atoms with Crippen molar-refractivity contribution < 1.29 is 4.79 Å². The summed E-state index contributed by atoms with van der Waals surface area (Å²) in [5, 5.41) is 3.03. The first kappa shape index (κ1) is 17.2. The first-order valence-electron chi connectivity index (χ1n) is 9.73. The molecule has 4 rings (SSSR count). The molecule has 1 aromatic heterocycles. The normalized spacial score (nSPS) is 21.7. The Labute approximate surface area is 155 Å². The van der Waals surface area contributed by atoms with Crippen molar-refractivity contribution in [2.24, 2.45) is 5.92 Å². The van der Waals surface area contributed by atoms with E-state index in [4.69, 9.17) is 0 Å². The van der Waals surface area contributed by atoms with Crippen LogP contribution < -0.4 is 5.32 Å². The van der Waals surface area contributed by atoms with E-state index in [1.807, 2.05) is 6.07 Å². The average molecular weight is 349 g/mol. The standard InChI is InChI=1S/C22H27N3O/c1-16-5-2-3-7-20(16)17-10-13-25(14-11-17)15-19-9-8-18-6-4-12-23-21(18)24-22(19)26/h2-7,12,17,19H,8-11,13-15H2,1H3,(H,23,24,26)/t19-/m0/s1. The largest absolute Gasteiger partial charge is 0.310 e. The second-order valence-corrected chi connectivity index (χ2v) is 7.67. The van der Waals surface area contributed by atoms with Gasteiger partial charge in [0.2, 0.25) is 5.91 Å². The van der Waals surface area contributed by atoms with Crippen molar-refractivity contribution in [2.45, 2.75) is 38.5 Å². The third kappa shape index (κ3) is 3.65. The van der Waals surface area contributed by atoms with Crippen LogP contribution in [0.25, 0.3) is 0 Å². The summed E-state index contributed by atoms with van der Waals surface area (Å²) in [5.41, 5.74) is 4.06. The van der Waals surface area contributed by atoms with E-state index in [0.29, 0.717) is 5.92 Å². The number of aromatic nitrogens is 1. The zero-order valence-electron chi connectivity index (χ0n) is 15.4. The highest BCUT2D eigenvalue weighted by Crippen LogP contribution is 2.31. The molecular formula is C22H27N3O. The Morgan fingerprint density at radius 2 is 1.92 bits per heavy atom. The van der Waals surface area contributed by atoms with Crippen molar-refractivity contribution >= 4 is 11.7 Å². The lowest BCUT2D eigenvalue weighted by Gasteiger charge is -2.34. The molecule has 2 aliphatic heterocycles. The molecule has 136 valence electrons. The van der Waals surface area contributed by atoms with Crippen LogP contribution in [-0.4, -0.2) is 35.4 Å². The number of carbonyl (C=O) groups excluding carboxylic acids is 1. The van der Waals surface area contributed by atoms with Crippen LogP contribution in [0.4, 0.5) is 5.82 Å². The van der Waals surface area contributed by atoms with Gasteiger partial charge in [0.25, 0.3) is 0 Å². The van der Waals surface area contributed by atoms with Gasteiger partial charge in [-0.3, -0.25) is 4.79 Å². The van der Waals surface area contributed by atoms with Gasteiger partial charge in [0.1, 0.15) is 5.82 Å². The Morgan fingerprint density at radius 3 is 2.73 bits per heavy atom. The molecule has 1 aromatic carbocycles. The predicted octanol–water partition coefficient (Wildman–Crippen LogP) is 3.77. The van der Waals surface area contributed by atoms with Crippen LogP contribution in [0.1, 0.15) is 41.9 Å². The summed E-state index contributed by atoms with van der Waals surface area (Å²) >= 11 is 0. The minimum Gasteiger partial charge on any atom is -0.310 e. The Balaban J connectivity index is 1.35. The highest BCUT2D eigenvalue weighted by molar-refractivity contribution is 5.93. The monoisotopic (exact) mass is 349 g/mol. The van der Waals surface area contributed by atoms with Crippen molar-refractivity contribution in [3.05, 3.63) is 59.3 Å². The van der Waals surface area contributed by atoms with Gasteiger partial charge in [-0.25, -0.2) is 4.98 Å². The summed E-state index contributed by atoms with van der Waals surface area (Å²) in [6.45, 7) is 5.23. The molecule has 0 bridgehead atoms. The van der Waals surface area contributed by atoms with E-state index in [-0.39, 0.29) is 11.8 Å².